The predicted molar refractivity (Wildman–Crippen MR) is 251 cm³/mol. The lowest BCUT2D eigenvalue weighted by atomic mass is 9.96. The van der Waals surface area contributed by atoms with E-state index in [1.165, 1.54) is 6.92 Å². The molecule has 0 N–H and O–H groups in total. The molecule has 2 saturated heterocycles. The molecular formula is C56H59FO11. The molecule has 8 rings (SSSR count). The van der Waals surface area contributed by atoms with Gasteiger partial charge >= 0.3 is 5.97 Å². The second-order valence-electron chi connectivity index (χ2n) is 16.8. The molecule has 0 spiro atoms. The Bertz CT molecular complexity index is 2330. The van der Waals surface area contributed by atoms with Crippen molar-refractivity contribution in [2.75, 3.05) is 13.2 Å². The van der Waals surface area contributed by atoms with Gasteiger partial charge in [-0.25, -0.2) is 4.39 Å². The smallest absolute Gasteiger partial charge is 0.303 e. The second-order valence-corrected chi connectivity index (χ2v) is 16.8. The number of alkyl halides is 1. The lowest BCUT2D eigenvalue weighted by molar-refractivity contribution is -0.366. The molecule has 356 valence electrons. The molecule has 0 aromatic heterocycles. The first kappa shape index (κ1) is 48.8. The van der Waals surface area contributed by atoms with E-state index < -0.39 is 67.4 Å². The Kier molecular flexibility index (Phi) is 18.4. The lowest BCUT2D eigenvalue weighted by Gasteiger charge is -2.49. The van der Waals surface area contributed by atoms with Gasteiger partial charge in [0, 0.05) is 6.92 Å². The summed E-state index contributed by atoms with van der Waals surface area (Å²) in [5.74, 6) is -0.542. The van der Waals surface area contributed by atoms with Gasteiger partial charge in [0.05, 0.1) is 52.9 Å². The van der Waals surface area contributed by atoms with Crippen LogP contribution in [0.4, 0.5) is 4.39 Å². The summed E-state index contributed by atoms with van der Waals surface area (Å²) < 4.78 is 82.7. The van der Waals surface area contributed by atoms with Gasteiger partial charge in [-0.2, -0.15) is 0 Å². The van der Waals surface area contributed by atoms with Crippen molar-refractivity contribution in [1.29, 1.82) is 0 Å². The van der Waals surface area contributed by atoms with Crippen LogP contribution in [0.15, 0.2) is 182 Å². The third-order valence-electron chi connectivity index (χ3n) is 11.7. The Morgan fingerprint density at radius 3 is 1.12 bits per heavy atom. The number of halogens is 1. The van der Waals surface area contributed by atoms with Crippen molar-refractivity contribution in [2.24, 2.45) is 0 Å². The second kappa shape index (κ2) is 25.6. The van der Waals surface area contributed by atoms with E-state index in [0.717, 1.165) is 33.4 Å². The first-order valence-corrected chi connectivity index (χ1v) is 23.1. The molecule has 0 radical (unpaired) electrons. The Balaban J connectivity index is 1.17. The van der Waals surface area contributed by atoms with E-state index in [9.17, 15) is 4.79 Å². The highest BCUT2D eigenvalue weighted by Crippen LogP contribution is 2.37. The molecule has 2 heterocycles. The van der Waals surface area contributed by atoms with Gasteiger partial charge in [0.2, 0.25) is 6.36 Å². The number of benzene rings is 6. The third-order valence-corrected chi connectivity index (χ3v) is 11.7. The van der Waals surface area contributed by atoms with E-state index in [1.54, 1.807) is 0 Å². The summed E-state index contributed by atoms with van der Waals surface area (Å²) in [5.41, 5.74) is 5.33. The van der Waals surface area contributed by atoms with Gasteiger partial charge in [0.15, 0.2) is 12.4 Å². The minimum Gasteiger partial charge on any atom is -0.457 e. The maximum atomic E-state index is 16.8. The average molecular weight is 927 g/mol. The van der Waals surface area contributed by atoms with Crippen LogP contribution in [-0.4, -0.2) is 80.7 Å². The van der Waals surface area contributed by atoms with Crippen molar-refractivity contribution in [3.05, 3.63) is 215 Å². The number of esters is 1. The highest BCUT2D eigenvalue weighted by atomic mass is 19.1. The fourth-order valence-electron chi connectivity index (χ4n) is 8.31. The molecule has 2 fully saturated rings. The van der Waals surface area contributed by atoms with Gasteiger partial charge < -0.3 is 47.4 Å². The normalized spacial score (nSPS) is 24.9. The van der Waals surface area contributed by atoms with E-state index in [4.69, 9.17) is 47.4 Å². The molecule has 0 unspecified atom stereocenters. The number of rotatable bonds is 23. The van der Waals surface area contributed by atoms with E-state index in [1.807, 2.05) is 182 Å². The van der Waals surface area contributed by atoms with E-state index in [-0.39, 0.29) is 52.9 Å². The Morgan fingerprint density at radius 1 is 0.412 bits per heavy atom. The maximum Gasteiger partial charge on any atom is 0.303 e. The Morgan fingerprint density at radius 2 is 0.735 bits per heavy atom. The van der Waals surface area contributed by atoms with Crippen molar-refractivity contribution in [1.82, 2.24) is 0 Å². The van der Waals surface area contributed by atoms with Crippen molar-refractivity contribution in [3.8, 4) is 0 Å². The van der Waals surface area contributed by atoms with E-state index in [0.29, 0.717) is 0 Å². The Labute approximate surface area is 397 Å². The van der Waals surface area contributed by atoms with E-state index >= 15 is 4.39 Å². The van der Waals surface area contributed by atoms with Crippen molar-refractivity contribution in [3.63, 3.8) is 0 Å². The largest absolute Gasteiger partial charge is 0.457 e. The monoisotopic (exact) mass is 926 g/mol. The average Bonchev–Trinajstić information content (AvgIpc) is 3.37. The van der Waals surface area contributed by atoms with Gasteiger partial charge in [-0.3, -0.25) is 4.79 Å². The molecule has 12 heteroatoms. The molecule has 6 aromatic carbocycles. The summed E-state index contributed by atoms with van der Waals surface area (Å²) in [6.45, 7) is 2.18. The minimum atomic E-state index is -1.93. The molecule has 2 aliphatic rings. The molecule has 11 nitrogen and oxygen atoms in total. The van der Waals surface area contributed by atoms with Crippen molar-refractivity contribution >= 4 is 5.97 Å². The SMILES string of the molecule is CC(=O)O[C@H]1[C@H](OCc2ccccc2)[C@@H](OCc2ccccc2)[C@@H](O[C@H]2[C@H](OCc3ccccc3)[C@@H](OCc3ccccc3)[C@H](F)O[C@@H]2COCc2ccccc2)O[C@@H]1COCc1ccccc1. The van der Waals surface area contributed by atoms with Gasteiger partial charge in [-0.1, -0.05) is 182 Å². The van der Waals surface area contributed by atoms with Crippen LogP contribution in [0.2, 0.25) is 0 Å². The summed E-state index contributed by atoms with van der Waals surface area (Å²) in [7, 11) is 0. The highest BCUT2D eigenvalue weighted by Gasteiger charge is 2.55. The summed E-state index contributed by atoms with van der Waals surface area (Å²) in [5, 5.41) is 0. The van der Waals surface area contributed by atoms with Crippen LogP contribution in [0.5, 0.6) is 0 Å². The van der Waals surface area contributed by atoms with E-state index in [2.05, 4.69) is 0 Å². The topological polar surface area (TPSA) is 109 Å². The van der Waals surface area contributed by atoms with Gasteiger partial charge in [0.25, 0.3) is 0 Å². The maximum absolute atomic E-state index is 16.8. The van der Waals surface area contributed by atoms with Crippen LogP contribution >= 0.6 is 0 Å². The number of carbonyl (C=O) groups excluding carboxylic acids is 1. The molecular weight excluding hydrogens is 868 g/mol. The summed E-state index contributed by atoms with van der Waals surface area (Å²) >= 11 is 0. The zero-order chi connectivity index (χ0) is 46.8. The third kappa shape index (κ3) is 14.2. The molecule has 0 bridgehead atoms. The predicted octanol–water partition coefficient (Wildman–Crippen LogP) is 9.50. The molecule has 0 aliphatic carbocycles. The van der Waals surface area contributed by atoms with Crippen LogP contribution in [0, 0.1) is 0 Å². The summed E-state index contributed by atoms with van der Waals surface area (Å²) in [4.78, 5) is 13.0. The minimum absolute atomic E-state index is 0.0165. The van der Waals surface area contributed by atoms with Crippen LogP contribution in [0.3, 0.4) is 0 Å². The fourth-order valence-corrected chi connectivity index (χ4v) is 8.31. The zero-order valence-electron chi connectivity index (χ0n) is 38.1. The number of carbonyl (C=O) groups is 1. The van der Waals surface area contributed by atoms with Crippen LogP contribution < -0.4 is 0 Å². The molecule has 2 aliphatic heterocycles. The summed E-state index contributed by atoms with van der Waals surface area (Å²) in [6, 6.07) is 57.9. The standard InChI is InChI=1S/C56H59FO11/c1-40(58)65-49-48(39-60-33-42-22-10-3-11-23-42)67-56(54(64-37-46-30-18-7-19-31-46)52(49)62-35-44-26-14-5-15-27-44)68-50-47(38-59-32-41-20-8-2-9-21-41)66-55(57)53(63-36-45-28-16-6-17-29-45)51(50)61-34-43-24-12-4-13-25-43/h2-31,47-56H,32-39H2,1H3/t47-,48-,49-,50-,51+,52+,53-,54-,55-,56-/m1/s1. The lowest BCUT2D eigenvalue weighted by Crippen LogP contribution is -2.66. The van der Waals surface area contributed by atoms with Crippen LogP contribution in [0.1, 0.15) is 40.3 Å². The zero-order valence-corrected chi connectivity index (χ0v) is 38.1. The van der Waals surface area contributed by atoms with Crippen molar-refractivity contribution in [2.45, 2.75) is 108 Å². The molecule has 10 atom stereocenters. The van der Waals surface area contributed by atoms with Gasteiger partial charge in [-0.05, 0) is 33.4 Å². The number of hydrogen-bond acceptors (Lipinski definition) is 11. The van der Waals surface area contributed by atoms with Crippen molar-refractivity contribution < 1.29 is 56.6 Å². The quantitative estimate of drug-likeness (QED) is 0.0574. The highest BCUT2D eigenvalue weighted by molar-refractivity contribution is 5.66. The molecule has 0 saturated carbocycles. The number of ether oxygens (including phenoxy) is 10. The Hall–Kier alpha value is -5.64. The van der Waals surface area contributed by atoms with Crippen LogP contribution in [0.25, 0.3) is 0 Å². The summed E-state index contributed by atoms with van der Waals surface area (Å²) in [6.07, 6.45) is -11.6. The first-order valence-electron chi connectivity index (χ1n) is 23.1. The fraction of sp³-hybridized carbons (Fsp3) is 0.339. The van der Waals surface area contributed by atoms with Gasteiger partial charge in [-0.15, -0.1) is 0 Å². The van der Waals surface area contributed by atoms with Crippen LogP contribution in [-0.2, 0) is 91.8 Å². The van der Waals surface area contributed by atoms with Gasteiger partial charge in [0.1, 0.15) is 42.7 Å². The number of hydrogen-bond donors (Lipinski definition) is 0. The molecule has 6 aromatic rings. The molecule has 0 amide bonds. The first-order chi connectivity index (χ1) is 33.5. The molecule has 68 heavy (non-hydrogen) atoms.